The van der Waals surface area contributed by atoms with Crippen LogP contribution in [0.5, 0.6) is 0 Å². The minimum absolute atomic E-state index is 0.170. The lowest BCUT2D eigenvalue weighted by molar-refractivity contribution is -0.123. The first-order valence-electron chi connectivity index (χ1n) is 4.74. The lowest BCUT2D eigenvalue weighted by Crippen LogP contribution is -2.33. The first-order chi connectivity index (χ1) is 7.96. The number of hydrogen-bond donors (Lipinski definition) is 2. The van der Waals surface area contributed by atoms with Crippen LogP contribution in [0, 0.1) is 0 Å². The minimum Gasteiger partial charge on any atom is -0.343 e. The molecule has 0 fully saturated rings. The summed E-state index contributed by atoms with van der Waals surface area (Å²) in [6.07, 6.45) is -2.91. The highest BCUT2D eigenvalue weighted by Crippen LogP contribution is 2.15. The van der Waals surface area contributed by atoms with E-state index in [1.807, 2.05) is 0 Å². The molecule has 4 nitrogen and oxygen atoms in total. The van der Waals surface area contributed by atoms with Gasteiger partial charge < -0.3 is 5.32 Å². The number of rotatable bonds is 2. The Morgan fingerprint density at radius 3 is 2.88 bits per heavy atom. The number of alkyl halides is 3. The number of benzene rings is 1. The molecule has 2 rings (SSSR count). The molecule has 0 radical (unpaired) electrons. The van der Waals surface area contributed by atoms with Crippen LogP contribution in [0.25, 0.3) is 10.9 Å². The maximum absolute atomic E-state index is 11.9. The molecular weight excluding hydrogens is 235 g/mol. The van der Waals surface area contributed by atoms with Gasteiger partial charge in [0.15, 0.2) is 0 Å². The number of carbonyl (C=O) groups is 1. The van der Waals surface area contributed by atoms with Gasteiger partial charge in [-0.1, -0.05) is 0 Å². The predicted molar refractivity (Wildman–Crippen MR) is 54.5 cm³/mol. The van der Waals surface area contributed by atoms with Crippen molar-refractivity contribution in [2.75, 3.05) is 6.54 Å². The van der Waals surface area contributed by atoms with Gasteiger partial charge in [0.05, 0.1) is 11.7 Å². The number of aromatic nitrogens is 2. The van der Waals surface area contributed by atoms with E-state index in [1.165, 1.54) is 18.3 Å². The molecule has 0 spiro atoms. The Hall–Kier alpha value is -2.05. The lowest BCUT2D eigenvalue weighted by atomic mass is 10.1. The predicted octanol–water partition coefficient (Wildman–Crippen LogP) is 1.85. The molecule has 2 N–H and O–H groups in total. The van der Waals surface area contributed by atoms with E-state index in [0.717, 1.165) is 5.52 Å². The maximum Gasteiger partial charge on any atom is 0.405 e. The molecule has 1 aromatic carbocycles. The van der Waals surface area contributed by atoms with Crippen LogP contribution in [-0.4, -0.2) is 28.8 Å². The zero-order valence-electron chi connectivity index (χ0n) is 8.51. The second-order valence-electron chi connectivity index (χ2n) is 3.47. The molecule has 0 aliphatic rings. The van der Waals surface area contributed by atoms with E-state index >= 15 is 0 Å². The first-order valence-corrected chi connectivity index (χ1v) is 4.74. The third-order valence-electron chi connectivity index (χ3n) is 2.15. The second-order valence-corrected chi connectivity index (χ2v) is 3.47. The summed E-state index contributed by atoms with van der Waals surface area (Å²) in [7, 11) is 0. The highest BCUT2D eigenvalue weighted by molar-refractivity contribution is 5.97. The summed E-state index contributed by atoms with van der Waals surface area (Å²) in [4.78, 5) is 11.4. The number of carbonyl (C=O) groups excluding carboxylic acids is 1. The minimum atomic E-state index is -4.41. The highest BCUT2D eigenvalue weighted by Gasteiger charge is 2.27. The maximum atomic E-state index is 11.9. The Labute approximate surface area is 93.8 Å². The van der Waals surface area contributed by atoms with Crippen molar-refractivity contribution >= 4 is 16.8 Å². The van der Waals surface area contributed by atoms with Gasteiger partial charge in [-0.3, -0.25) is 9.89 Å². The van der Waals surface area contributed by atoms with E-state index in [2.05, 4.69) is 10.2 Å². The summed E-state index contributed by atoms with van der Waals surface area (Å²) in [5.41, 5.74) is 0.889. The SMILES string of the molecule is O=C(NCC(F)(F)F)c1ccc2[nH]ncc2c1. The molecule has 0 aliphatic heterocycles. The summed E-state index contributed by atoms with van der Waals surface area (Å²) in [6.45, 7) is -1.34. The number of nitrogens with zero attached hydrogens (tertiary/aromatic N) is 1. The van der Waals surface area contributed by atoms with Crippen LogP contribution in [0.1, 0.15) is 10.4 Å². The van der Waals surface area contributed by atoms with Crippen LogP contribution in [0.4, 0.5) is 13.2 Å². The Bertz CT molecular complexity index is 547. The van der Waals surface area contributed by atoms with E-state index in [0.29, 0.717) is 5.39 Å². The van der Waals surface area contributed by atoms with Gasteiger partial charge in [0, 0.05) is 10.9 Å². The summed E-state index contributed by atoms with van der Waals surface area (Å²) in [5, 5.41) is 8.90. The molecule has 1 aromatic heterocycles. The summed E-state index contributed by atoms with van der Waals surface area (Å²) in [6, 6.07) is 4.50. The molecule has 0 unspecified atom stereocenters. The monoisotopic (exact) mass is 243 g/mol. The van der Waals surface area contributed by atoms with Crippen molar-refractivity contribution in [2.45, 2.75) is 6.18 Å². The van der Waals surface area contributed by atoms with Gasteiger partial charge in [0.1, 0.15) is 6.54 Å². The van der Waals surface area contributed by atoms with Crippen LogP contribution >= 0.6 is 0 Å². The number of fused-ring (bicyclic) bond motifs is 1. The van der Waals surface area contributed by atoms with Crippen molar-refractivity contribution in [2.24, 2.45) is 0 Å². The fourth-order valence-corrected chi connectivity index (χ4v) is 1.37. The van der Waals surface area contributed by atoms with Crippen LogP contribution in [-0.2, 0) is 0 Å². The fourth-order valence-electron chi connectivity index (χ4n) is 1.37. The fraction of sp³-hybridized carbons (Fsp3) is 0.200. The Kier molecular flexibility index (Phi) is 2.74. The zero-order chi connectivity index (χ0) is 12.5. The van der Waals surface area contributed by atoms with E-state index in [1.54, 1.807) is 11.4 Å². The lowest BCUT2D eigenvalue weighted by Gasteiger charge is -2.08. The van der Waals surface area contributed by atoms with Crippen molar-refractivity contribution in [3.05, 3.63) is 30.0 Å². The number of halogens is 3. The Balaban J connectivity index is 2.13. The molecule has 0 atom stereocenters. The van der Waals surface area contributed by atoms with Gasteiger partial charge in [-0.25, -0.2) is 0 Å². The number of hydrogen-bond acceptors (Lipinski definition) is 2. The third kappa shape index (κ3) is 2.74. The van der Waals surface area contributed by atoms with Crippen LogP contribution < -0.4 is 5.32 Å². The van der Waals surface area contributed by atoms with Crippen molar-refractivity contribution < 1.29 is 18.0 Å². The molecule has 0 bridgehead atoms. The largest absolute Gasteiger partial charge is 0.405 e. The third-order valence-corrected chi connectivity index (χ3v) is 2.15. The smallest absolute Gasteiger partial charge is 0.343 e. The molecule has 17 heavy (non-hydrogen) atoms. The average molecular weight is 243 g/mol. The summed E-state index contributed by atoms with van der Waals surface area (Å²) >= 11 is 0. The van der Waals surface area contributed by atoms with Crippen LogP contribution in [0.3, 0.4) is 0 Å². The Morgan fingerprint density at radius 2 is 2.18 bits per heavy atom. The van der Waals surface area contributed by atoms with E-state index in [9.17, 15) is 18.0 Å². The van der Waals surface area contributed by atoms with Gasteiger partial charge in [-0.15, -0.1) is 0 Å². The van der Waals surface area contributed by atoms with Crippen molar-refractivity contribution in [3.63, 3.8) is 0 Å². The number of amides is 1. The van der Waals surface area contributed by atoms with Crippen LogP contribution in [0.2, 0.25) is 0 Å². The van der Waals surface area contributed by atoms with Crippen LogP contribution in [0.15, 0.2) is 24.4 Å². The molecule has 7 heteroatoms. The molecule has 90 valence electrons. The van der Waals surface area contributed by atoms with Crippen molar-refractivity contribution in [1.82, 2.24) is 15.5 Å². The molecule has 0 saturated heterocycles. The zero-order valence-corrected chi connectivity index (χ0v) is 8.51. The first kappa shape index (κ1) is 11.4. The highest BCUT2D eigenvalue weighted by atomic mass is 19.4. The topological polar surface area (TPSA) is 57.8 Å². The number of H-pyrrole nitrogens is 1. The molecule has 0 saturated carbocycles. The van der Waals surface area contributed by atoms with Gasteiger partial charge in [0.2, 0.25) is 0 Å². The normalized spacial score (nSPS) is 11.7. The molecular formula is C10H8F3N3O. The van der Waals surface area contributed by atoms with Gasteiger partial charge in [-0.2, -0.15) is 18.3 Å². The van der Waals surface area contributed by atoms with Crippen molar-refractivity contribution in [3.8, 4) is 0 Å². The Morgan fingerprint density at radius 1 is 1.41 bits per heavy atom. The van der Waals surface area contributed by atoms with Gasteiger partial charge >= 0.3 is 6.18 Å². The molecule has 0 aliphatic carbocycles. The number of aromatic amines is 1. The second kappa shape index (κ2) is 4.08. The standard InChI is InChI=1S/C10H8F3N3O/c11-10(12,13)5-14-9(17)6-1-2-8-7(3-6)4-15-16-8/h1-4H,5H2,(H,14,17)(H,15,16). The summed E-state index contributed by atoms with van der Waals surface area (Å²) in [5.74, 6) is -0.759. The van der Waals surface area contributed by atoms with E-state index in [-0.39, 0.29) is 5.56 Å². The van der Waals surface area contributed by atoms with E-state index < -0.39 is 18.6 Å². The average Bonchev–Trinajstić information content (AvgIpc) is 2.71. The van der Waals surface area contributed by atoms with E-state index in [4.69, 9.17) is 0 Å². The molecule has 1 heterocycles. The van der Waals surface area contributed by atoms with Gasteiger partial charge in [0.25, 0.3) is 5.91 Å². The quantitative estimate of drug-likeness (QED) is 0.845. The van der Waals surface area contributed by atoms with Gasteiger partial charge in [-0.05, 0) is 18.2 Å². The molecule has 2 aromatic rings. The summed E-state index contributed by atoms with van der Waals surface area (Å²) < 4.78 is 35.7. The molecule has 1 amide bonds. The van der Waals surface area contributed by atoms with Crippen molar-refractivity contribution in [1.29, 1.82) is 0 Å². The number of nitrogens with one attached hydrogen (secondary N) is 2.